The number of hydrogen-bond acceptors (Lipinski definition) is 4. The second kappa shape index (κ2) is 6.34. The van der Waals surface area contributed by atoms with Crippen molar-refractivity contribution in [2.24, 2.45) is 0 Å². The number of nitrogens with zero attached hydrogens (tertiary/aromatic N) is 2. The molecule has 3 aromatic rings. The van der Waals surface area contributed by atoms with Crippen LogP contribution in [-0.4, -0.2) is 9.78 Å². The Morgan fingerprint density at radius 2 is 1.82 bits per heavy atom. The Balaban J connectivity index is 1.76. The smallest absolute Gasteiger partial charge is 0.289 e. The molecule has 6 heteroatoms. The number of aromatic nitrogens is 2. The van der Waals surface area contributed by atoms with Crippen LogP contribution in [0.1, 0.15) is 5.56 Å². The molecule has 0 spiro atoms. The predicted octanol–water partition coefficient (Wildman–Crippen LogP) is 4.90. The van der Waals surface area contributed by atoms with Crippen LogP contribution >= 0.6 is 23.8 Å². The third kappa shape index (κ3) is 3.37. The number of benzene rings is 2. The van der Waals surface area contributed by atoms with E-state index in [0.717, 1.165) is 11.3 Å². The highest BCUT2D eigenvalue weighted by Gasteiger charge is 2.07. The van der Waals surface area contributed by atoms with Crippen molar-refractivity contribution >= 4 is 29.5 Å². The molecule has 1 heterocycles. The molecule has 3 rings (SSSR count). The van der Waals surface area contributed by atoms with Gasteiger partial charge in [0.25, 0.3) is 4.84 Å². The molecule has 22 heavy (non-hydrogen) atoms. The average Bonchev–Trinajstić information content (AvgIpc) is 2.88. The Morgan fingerprint density at radius 1 is 1.14 bits per heavy atom. The highest BCUT2D eigenvalue weighted by atomic mass is 35.5. The Labute approximate surface area is 138 Å². The van der Waals surface area contributed by atoms with Crippen LogP contribution in [0.3, 0.4) is 0 Å². The van der Waals surface area contributed by atoms with Crippen LogP contribution in [0.2, 0.25) is 5.02 Å². The van der Waals surface area contributed by atoms with E-state index >= 15 is 0 Å². The van der Waals surface area contributed by atoms with Gasteiger partial charge in [-0.25, -0.2) is 4.68 Å². The maximum absolute atomic E-state index is 5.86. The summed E-state index contributed by atoms with van der Waals surface area (Å²) in [5.41, 5.74) is 3.03. The van der Waals surface area contributed by atoms with Gasteiger partial charge in [0.1, 0.15) is 6.67 Å². The summed E-state index contributed by atoms with van der Waals surface area (Å²) in [6, 6.07) is 15.4. The largest absolute Gasteiger partial charge is 0.409 e. The normalized spacial score (nSPS) is 10.6. The molecule has 4 nitrogen and oxygen atoms in total. The first-order chi connectivity index (χ1) is 10.6. The van der Waals surface area contributed by atoms with E-state index in [2.05, 4.69) is 10.4 Å². The maximum atomic E-state index is 5.86. The van der Waals surface area contributed by atoms with Crippen molar-refractivity contribution in [1.82, 2.24) is 9.78 Å². The molecule has 1 aromatic heterocycles. The summed E-state index contributed by atoms with van der Waals surface area (Å²) in [6.45, 7) is 2.46. The molecule has 0 aliphatic rings. The van der Waals surface area contributed by atoms with Gasteiger partial charge in [0.15, 0.2) is 0 Å². The summed E-state index contributed by atoms with van der Waals surface area (Å²) in [7, 11) is 0. The van der Waals surface area contributed by atoms with Crippen LogP contribution in [0.5, 0.6) is 0 Å². The van der Waals surface area contributed by atoms with Crippen molar-refractivity contribution in [3.8, 4) is 11.5 Å². The Bertz CT molecular complexity index is 822. The van der Waals surface area contributed by atoms with Gasteiger partial charge in [-0.15, -0.1) is 5.10 Å². The summed E-state index contributed by atoms with van der Waals surface area (Å²) < 4.78 is 7.16. The average molecular weight is 332 g/mol. The number of hydrogen-bond donors (Lipinski definition) is 1. The van der Waals surface area contributed by atoms with Gasteiger partial charge in [0, 0.05) is 16.3 Å². The minimum absolute atomic E-state index is 0.331. The molecule has 2 aromatic carbocycles. The zero-order chi connectivity index (χ0) is 15.5. The fraction of sp³-hybridized carbons (Fsp3) is 0.125. The highest BCUT2D eigenvalue weighted by molar-refractivity contribution is 7.71. The fourth-order valence-corrected chi connectivity index (χ4v) is 2.26. The molecule has 0 radical (unpaired) electrons. The first kappa shape index (κ1) is 14.8. The predicted molar refractivity (Wildman–Crippen MR) is 90.6 cm³/mol. The summed E-state index contributed by atoms with van der Waals surface area (Å²) in [4.78, 5) is 0.331. The van der Waals surface area contributed by atoms with Crippen molar-refractivity contribution in [1.29, 1.82) is 0 Å². The number of halogens is 1. The molecule has 0 atom stereocenters. The van der Waals surface area contributed by atoms with Gasteiger partial charge in [-0.1, -0.05) is 29.3 Å². The van der Waals surface area contributed by atoms with Crippen LogP contribution in [0.4, 0.5) is 5.69 Å². The summed E-state index contributed by atoms with van der Waals surface area (Å²) in [6.07, 6.45) is 0. The molecule has 1 N–H and O–H groups in total. The van der Waals surface area contributed by atoms with Crippen LogP contribution in [0, 0.1) is 11.8 Å². The Kier molecular flexibility index (Phi) is 4.27. The molecule has 0 fully saturated rings. The Morgan fingerprint density at radius 3 is 2.50 bits per heavy atom. The molecule has 0 aliphatic heterocycles. The molecule has 0 amide bonds. The molecule has 0 bridgehead atoms. The van der Waals surface area contributed by atoms with E-state index in [1.165, 1.54) is 5.56 Å². The number of anilines is 1. The van der Waals surface area contributed by atoms with E-state index in [1.807, 2.05) is 55.5 Å². The first-order valence-electron chi connectivity index (χ1n) is 6.76. The van der Waals surface area contributed by atoms with Crippen molar-refractivity contribution in [2.75, 3.05) is 5.32 Å². The van der Waals surface area contributed by atoms with E-state index in [4.69, 9.17) is 28.2 Å². The topological polar surface area (TPSA) is 43.0 Å². The van der Waals surface area contributed by atoms with Crippen LogP contribution < -0.4 is 5.32 Å². The van der Waals surface area contributed by atoms with E-state index in [1.54, 1.807) is 4.68 Å². The maximum Gasteiger partial charge on any atom is 0.289 e. The van der Waals surface area contributed by atoms with Crippen LogP contribution in [-0.2, 0) is 6.67 Å². The number of nitrogens with one attached hydrogen (secondary N) is 1. The lowest BCUT2D eigenvalue weighted by Gasteiger charge is -2.05. The molecule has 0 saturated heterocycles. The zero-order valence-corrected chi connectivity index (χ0v) is 13.5. The van der Waals surface area contributed by atoms with E-state index in [-0.39, 0.29) is 0 Å². The van der Waals surface area contributed by atoms with Gasteiger partial charge in [-0.2, -0.15) is 0 Å². The molecule has 0 unspecified atom stereocenters. The molecule has 0 saturated carbocycles. The highest BCUT2D eigenvalue weighted by Crippen LogP contribution is 2.19. The lowest BCUT2D eigenvalue weighted by Crippen LogP contribution is -2.09. The summed E-state index contributed by atoms with van der Waals surface area (Å²) in [5.74, 6) is 0.517. The van der Waals surface area contributed by atoms with E-state index in [9.17, 15) is 0 Å². The van der Waals surface area contributed by atoms with Crippen molar-refractivity contribution in [3.63, 3.8) is 0 Å². The van der Waals surface area contributed by atoms with Crippen LogP contribution in [0.25, 0.3) is 11.5 Å². The monoisotopic (exact) mass is 331 g/mol. The van der Waals surface area contributed by atoms with Crippen molar-refractivity contribution in [3.05, 3.63) is 64.0 Å². The molecular formula is C16H14ClN3OS. The number of aryl methyl sites for hydroxylation is 1. The van der Waals surface area contributed by atoms with Gasteiger partial charge in [-0.05, 0) is 55.5 Å². The quantitative estimate of drug-likeness (QED) is 0.690. The molecule has 112 valence electrons. The lowest BCUT2D eigenvalue weighted by molar-refractivity contribution is 0.522. The van der Waals surface area contributed by atoms with Crippen molar-refractivity contribution in [2.45, 2.75) is 13.6 Å². The van der Waals surface area contributed by atoms with Gasteiger partial charge in [0.2, 0.25) is 5.89 Å². The Hall–Kier alpha value is -2.11. The van der Waals surface area contributed by atoms with Gasteiger partial charge in [0.05, 0.1) is 0 Å². The number of rotatable bonds is 4. The third-order valence-corrected chi connectivity index (χ3v) is 3.73. The van der Waals surface area contributed by atoms with Crippen molar-refractivity contribution < 1.29 is 4.42 Å². The van der Waals surface area contributed by atoms with E-state index < -0.39 is 0 Å². The standard InChI is InChI=1S/C16H14ClN3OS/c1-11-2-4-12(5-3-11)15-19-20(16(22)21-15)10-18-14-8-6-13(17)7-9-14/h2-9,18H,10H2,1H3. The first-order valence-corrected chi connectivity index (χ1v) is 7.55. The van der Waals surface area contributed by atoms with E-state index in [0.29, 0.717) is 22.4 Å². The second-order valence-corrected chi connectivity index (χ2v) is 5.67. The van der Waals surface area contributed by atoms with Crippen LogP contribution in [0.15, 0.2) is 52.9 Å². The zero-order valence-electron chi connectivity index (χ0n) is 11.9. The summed E-state index contributed by atoms with van der Waals surface area (Å²) >= 11 is 11.1. The summed E-state index contributed by atoms with van der Waals surface area (Å²) in [5, 5.41) is 8.32. The SMILES string of the molecule is Cc1ccc(-c2nn(CNc3ccc(Cl)cc3)c(=S)o2)cc1. The lowest BCUT2D eigenvalue weighted by atomic mass is 10.1. The van der Waals surface area contributed by atoms with Gasteiger partial charge in [-0.3, -0.25) is 0 Å². The molecule has 0 aliphatic carbocycles. The third-order valence-electron chi connectivity index (χ3n) is 3.18. The van der Waals surface area contributed by atoms with Gasteiger partial charge < -0.3 is 9.73 Å². The molecular weight excluding hydrogens is 318 g/mol. The fourth-order valence-electron chi connectivity index (χ4n) is 1.95. The van der Waals surface area contributed by atoms with Gasteiger partial charge >= 0.3 is 0 Å². The minimum Gasteiger partial charge on any atom is -0.409 e. The minimum atomic E-state index is 0.331. The second-order valence-electron chi connectivity index (χ2n) is 4.88.